The van der Waals surface area contributed by atoms with Crippen molar-refractivity contribution in [2.45, 2.75) is 38.0 Å². The number of hydrogen-bond donors (Lipinski definition) is 1. The fourth-order valence-corrected chi connectivity index (χ4v) is 4.35. The average molecular weight is 393 g/mol. The average Bonchev–Trinajstić information content (AvgIpc) is 3.09. The molecule has 6 heteroatoms. The van der Waals surface area contributed by atoms with E-state index in [0.29, 0.717) is 18.3 Å². The summed E-state index contributed by atoms with van der Waals surface area (Å²) in [5.41, 5.74) is 3.10. The molecule has 0 spiro atoms. The molecule has 1 aliphatic rings. The molecule has 3 aromatic rings. The van der Waals surface area contributed by atoms with Crippen LogP contribution in [0.25, 0.3) is 11.0 Å². The van der Waals surface area contributed by atoms with Crippen LogP contribution in [-0.4, -0.2) is 34.3 Å². The van der Waals surface area contributed by atoms with Gasteiger partial charge in [0.15, 0.2) is 5.65 Å². The van der Waals surface area contributed by atoms with Gasteiger partial charge in [0.05, 0.1) is 19.2 Å². The summed E-state index contributed by atoms with van der Waals surface area (Å²) in [6.07, 6.45) is 6.65. The number of carbonyl (C=O) groups excluding carboxylic acids is 1. The van der Waals surface area contributed by atoms with Crippen molar-refractivity contribution in [3.05, 3.63) is 53.9 Å². The number of hydrogen-bond acceptors (Lipinski definition) is 4. The van der Waals surface area contributed by atoms with Crippen LogP contribution in [0.3, 0.4) is 0 Å². The molecule has 0 bridgehead atoms. The summed E-state index contributed by atoms with van der Waals surface area (Å²) in [5, 5.41) is 9.04. The highest BCUT2D eigenvalue weighted by molar-refractivity contribution is 5.79. The van der Waals surface area contributed by atoms with Crippen molar-refractivity contribution >= 4 is 16.9 Å². The van der Waals surface area contributed by atoms with Gasteiger partial charge in [0.25, 0.3) is 0 Å². The first-order valence-corrected chi connectivity index (χ1v) is 10.3. The monoisotopic (exact) mass is 392 g/mol. The maximum atomic E-state index is 12.3. The largest absolute Gasteiger partial charge is 0.497 e. The lowest BCUT2D eigenvalue weighted by Crippen LogP contribution is -2.32. The molecule has 0 aliphatic heterocycles. The minimum Gasteiger partial charge on any atom is -0.497 e. The first-order chi connectivity index (χ1) is 14.1. The third-order valence-electron chi connectivity index (χ3n) is 5.95. The Morgan fingerprint density at radius 1 is 1.21 bits per heavy atom. The van der Waals surface area contributed by atoms with E-state index in [0.717, 1.165) is 49.2 Å². The molecule has 2 heterocycles. The fourth-order valence-electron chi connectivity index (χ4n) is 4.35. The number of amides is 1. The van der Waals surface area contributed by atoms with Gasteiger partial charge in [0.1, 0.15) is 5.75 Å². The van der Waals surface area contributed by atoms with E-state index < -0.39 is 0 Å². The first-order valence-electron chi connectivity index (χ1n) is 10.3. The Balaban J connectivity index is 1.28. The molecule has 4 rings (SSSR count). The molecule has 1 N–H and O–H groups in total. The number of ether oxygens (including phenoxy) is 1. The summed E-state index contributed by atoms with van der Waals surface area (Å²) in [5.74, 6) is 1.87. The molecule has 0 radical (unpaired) electrons. The molecule has 0 saturated heterocycles. The summed E-state index contributed by atoms with van der Waals surface area (Å²) < 4.78 is 7.11. The Kier molecular flexibility index (Phi) is 5.79. The molecule has 1 fully saturated rings. The fraction of sp³-hybridized carbons (Fsp3) is 0.435. The van der Waals surface area contributed by atoms with Crippen molar-refractivity contribution in [1.29, 1.82) is 0 Å². The number of carbonyl (C=O) groups is 1. The lowest BCUT2D eigenvalue weighted by molar-refractivity contribution is -0.120. The lowest BCUT2D eigenvalue weighted by atomic mass is 9.80. The molecule has 152 valence electrons. The van der Waals surface area contributed by atoms with Crippen LogP contribution in [0.4, 0.5) is 0 Å². The van der Waals surface area contributed by atoms with Gasteiger partial charge in [-0.25, -0.2) is 4.98 Å². The summed E-state index contributed by atoms with van der Waals surface area (Å²) in [6.45, 7) is 0.750. The number of methoxy groups -OCH3 is 1. The smallest absolute Gasteiger partial charge is 0.224 e. The van der Waals surface area contributed by atoms with Crippen LogP contribution in [0.2, 0.25) is 0 Å². The SMILES string of the molecule is COc1cccc(CC(=O)NCC2CCC(c3nn(C)c4ncccc34)CC2)c1. The maximum Gasteiger partial charge on any atom is 0.224 e. The predicted octanol–water partition coefficient (Wildman–Crippen LogP) is 3.61. The molecule has 1 amide bonds. The van der Waals surface area contributed by atoms with E-state index in [1.165, 1.54) is 11.1 Å². The third kappa shape index (κ3) is 4.42. The van der Waals surface area contributed by atoms with E-state index in [-0.39, 0.29) is 5.91 Å². The molecule has 1 aliphatic carbocycles. The number of fused-ring (bicyclic) bond motifs is 1. The van der Waals surface area contributed by atoms with Crippen LogP contribution in [0.5, 0.6) is 5.75 Å². The van der Waals surface area contributed by atoms with E-state index in [2.05, 4.69) is 16.4 Å². The molecule has 0 unspecified atom stereocenters. The second-order valence-corrected chi connectivity index (χ2v) is 7.93. The molecule has 1 saturated carbocycles. The minimum absolute atomic E-state index is 0.0715. The summed E-state index contributed by atoms with van der Waals surface area (Å²) in [7, 11) is 3.60. The Hall–Kier alpha value is -2.89. The number of benzene rings is 1. The highest BCUT2D eigenvalue weighted by atomic mass is 16.5. The molecule has 1 aromatic carbocycles. The Labute approximate surface area is 171 Å². The van der Waals surface area contributed by atoms with Gasteiger partial charge in [0.2, 0.25) is 5.91 Å². The van der Waals surface area contributed by atoms with Gasteiger partial charge in [0, 0.05) is 31.1 Å². The summed E-state index contributed by atoms with van der Waals surface area (Å²) in [6, 6.07) is 11.8. The van der Waals surface area contributed by atoms with Crippen LogP contribution in [0.15, 0.2) is 42.6 Å². The number of nitrogens with zero attached hydrogens (tertiary/aromatic N) is 3. The first kappa shape index (κ1) is 19.4. The second-order valence-electron chi connectivity index (χ2n) is 7.93. The van der Waals surface area contributed by atoms with Crippen molar-refractivity contribution < 1.29 is 9.53 Å². The number of rotatable bonds is 6. The van der Waals surface area contributed by atoms with Crippen LogP contribution in [0.1, 0.15) is 42.9 Å². The zero-order valence-corrected chi connectivity index (χ0v) is 17.1. The Bertz CT molecular complexity index is 989. The van der Waals surface area contributed by atoms with E-state index >= 15 is 0 Å². The minimum atomic E-state index is 0.0715. The third-order valence-corrected chi connectivity index (χ3v) is 5.95. The lowest BCUT2D eigenvalue weighted by Gasteiger charge is -2.27. The van der Waals surface area contributed by atoms with Gasteiger partial charge < -0.3 is 10.1 Å². The van der Waals surface area contributed by atoms with Crippen molar-refractivity contribution in [2.75, 3.05) is 13.7 Å². The van der Waals surface area contributed by atoms with E-state index in [4.69, 9.17) is 9.84 Å². The van der Waals surface area contributed by atoms with Crippen molar-refractivity contribution in [3.8, 4) is 5.75 Å². The number of aryl methyl sites for hydroxylation is 1. The number of aromatic nitrogens is 3. The highest BCUT2D eigenvalue weighted by Crippen LogP contribution is 2.37. The molecule has 2 aromatic heterocycles. The van der Waals surface area contributed by atoms with Crippen molar-refractivity contribution in [2.24, 2.45) is 13.0 Å². The van der Waals surface area contributed by atoms with Gasteiger partial charge in [-0.15, -0.1) is 0 Å². The van der Waals surface area contributed by atoms with E-state index in [9.17, 15) is 4.79 Å². The van der Waals surface area contributed by atoms with E-state index in [1.54, 1.807) is 7.11 Å². The topological polar surface area (TPSA) is 69.0 Å². The predicted molar refractivity (Wildman–Crippen MR) is 113 cm³/mol. The maximum absolute atomic E-state index is 12.3. The van der Waals surface area contributed by atoms with Crippen LogP contribution >= 0.6 is 0 Å². The van der Waals surface area contributed by atoms with Crippen molar-refractivity contribution in [3.63, 3.8) is 0 Å². The molecule has 6 nitrogen and oxygen atoms in total. The summed E-state index contributed by atoms with van der Waals surface area (Å²) >= 11 is 0. The molecular weight excluding hydrogens is 364 g/mol. The van der Waals surface area contributed by atoms with Gasteiger partial charge in [-0.1, -0.05) is 12.1 Å². The molecule has 0 atom stereocenters. The highest BCUT2D eigenvalue weighted by Gasteiger charge is 2.26. The Morgan fingerprint density at radius 2 is 2.03 bits per heavy atom. The van der Waals surface area contributed by atoms with Crippen LogP contribution in [0, 0.1) is 5.92 Å². The zero-order valence-electron chi connectivity index (χ0n) is 17.1. The summed E-state index contributed by atoms with van der Waals surface area (Å²) in [4.78, 5) is 16.8. The standard InChI is InChI=1S/C23H28N4O2/c1-27-23-20(7-4-12-24-23)22(26-27)18-10-8-16(9-11-18)15-25-21(28)14-17-5-3-6-19(13-17)29-2/h3-7,12-13,16,18H,8-11,14-15H2,1-2H3,(H,25,28). The van der Waals surface area contributed by atoms with Gasteiger partial charge >= 0.3 is 0 Å². The van der Waals surface area contributed by atoms with Gasteiger partial charge in [-0.2, -0.15) is 5.10 Å². The van der Waals surface area contributed by atoms with E-state index in [1.807, 2.05) is 48.3 Å². The quantitative estimate of drug-likeness (QED) is 0.696. The van der Waals surface area contributed by atoms with Crippen LogP contribution < -0.4 is 10.1 Å². The molecular formula is C23H28N4O2. The number of nitrogens with one attached hydrogen (secondary N) is 1. The van der Waals surface area contributed by atoms with Gasteiger partial charge in [-0.3, -0.25) is 9.48 Å². The van der Waals surface area contributed by atoms with Gasteiger partial charge in [-0.05, 0) is 61.4 Å². The normalized spacial score (nSPS) is 19.2. The molecule has 29 heavy (non-hydrogen) atoms. The zero-order chi connectivity index (χ0) is 20.2. The second kappa shape index (κ2) is 8.64. The Morgan fingerprint density at radius 3 is 2.83 bits per heavy atom. The van der Waals surface area contributed by atoms with Crippen molar-refractivity contribution in [1.82, 2.24) is 20.1 Å². The number of pyridine rings is 1. The van der Waals surface area contributed by atoms with Crippen LogP contribution in [-0.2, 0) is 18.3 Å².